The Labute approximate surface area is 126 Å². The van der Waals surface area contributed by atoms with Crippen molar-refractivity contribution in [1.29, 1.82) is 0 Å². The molecule has 112 valence electrons. The molecule has 0 saturated heterocycles. The first-order valence-electron chi connectivity index (χ1n) is 6.26. The second-order valence-corrected chi connectivity index (χ2v) is 5.70. The maximum Gasteiger partial charge on any atom is 0.312 e. The van der Waals surface area contributed by atoms with Crippen molar-refractivity contribution in [3.8, 4) is 5.75 Å². The molecule has 20 heavy (non-hydrogen) atoms. The highest BCUT2D eigenvalue weighted by Crippen LogP contribution is 2.37. The van der Waals surface area contributed by atoms with E-state index in [1.165, 1.54) is 6.07 Å². The van der Waals surface area contributed by atoms with Crippen molar-refractivity contribution in [2.24, 2.45) is 0 Å². The van der Waals surface area contributed by atoms with Crippen molar-refractivity contribution in [1.82, 2.24) is 4.90 Å². The van der Waals surface area contributed by atoms with Crippen LogP contribution in [-0.4, -0.2) is 42.2 Å². The van der Waals surface area contributed by atoms with Crippen molar-refractivity contribution < 1.29 is 14.8 Å². The predicted octanol–water partition coefficient (Wildman–Crippen LogP) is 2.74. The number of aliphatic hydroxyl groups excluding tert-OH is 1. The smallest absolute Gasteiger partial charge is 0.312 e. The van der Waals surface area contributed by atoms with Crippen LogP contribution in [0.3, 0.4) is 0 Å². The largest absolute Gasteiger partial charge is 0.487 e. The minimum Gasteiger partial charge on any atom is -0.487 e. The lowest BCUT2D eigenvalue weighted by atomic mass is 10.1. The average molecular weight is 347 g/mol. The van der Waals surface area contributed by atoms with Crippen LogP contribution in [0.2, 0.25) is 0 Å². The third-order valence-electron chi connectivity index (χ3n) is 2.71. The summed E-state index contributed by atoms with van der Waals surface area (Å²) in [4.78, 5) is 12.6. The van der Waals surface area contributed by atoms with Crippen molar-refractivity contribution in [3.05, 3.63) is 32.3 Å². The topological polar surface area (TPSA) is 75.8 Å². The van der Waals surface area contributed by atoms with E-state index in [9.17, 15) is 15.2 Å². The van der Waals surface area contributed by atoms with E-state index in [-0.39, 0.29) is 11.4 Å². The number of nitro groups is 1. The Bertz CT molecular complexity index is 478. The fraction of sp³-hybridized carbons (Fsp3) is 0.538. The van der Waals surface area contributed by atoms with Crippen LogP contribution in [0.15, 0.2) is 16.6 Å². The van der Waals surface area contributed by atoms with E-state index in [1.54, 1.807) is 13.0 Å². The number of halogens is 1. The van der Waals surface area contributed by atoms with E-state index >= 15 is 0 Å². The zero-order valence-electron chi connectivity index (χ0n) is 11.8. The molecular formula is C13H19BrN2O4. The van der Waals surface area contributed by atoms with Gasteiger partial charge in [0.25, 0.3) is 0 Å². The molecule has 1 atom stereocenters. The van der Waals surface area contributed by atoms with E-state index < -0.39 is 11.0 Å². The summed E-state index contributed by atoms with van der Waals surface area (Å²) in [5, 5.41) is 20.9. The Morgan fingerprint density at radius 1 is 1.50 bits per heavy atom. The van der Waals surface area contributed by atoms with Gasteiger partial charge in [-0.1, -0.05) is 15.9 Å². The average Bonchev–Trinajstić information content (AvgIpc) is 2.34. The van der Waals surface area contributed by atoms with Gasteiger partial charge in [-0.05, 0) is 33.5 Å². The predicted molar refractivity (Wildman–Crippen MR) is 80.1 cm³/mol. The van der Waals surface area contributed by atoms with Crippen LogP contribution >= 0.6 is 15.9 Å². The summed E-state index contributed by atoms with van der Waals surface area (Å²) in [6, 6.07) is 3.02. The minimum atomic E-state index is -0.838. The van der Waals surface area contributed by atoms with Crippen LogP contribution in [-0.2, 0) is 0 Å². The quantitative estimate of drug-likeness (QED) is 0.466. The Morgan fingerprint density at radius 2 is 2.15 bits per heavy atom. The van der Waals surface area contributed by atoms with Gasteiger partial charge in [0.1, 0.15) is 0 Å². The van der Waals surface area contributed by atoms with Crippen LogP contribution in [0, 0.1) is 10.1 Å². The molecule has 1 aromatic carbocycles. The SMILES string of the molecule is CC(O)c1cc(Br)cc([N+](=O)[O-])c1OCCCN(C)C. The lowest BCUT2D eigenvalue weighted by molar-refractivity contribution is -0.386. The number of benzene rings is 1. The first-order chi connectivity index (χ1) is 9.32. The molecule has 1 N–H and O–H groups in total. The van der Waals surface area contributed by atoms with E-state index in [0.717, 1.165) is 13.0 Å². The summed E-state index contributed by atoms with van der Waals surface area (Å²) in [6.45, 7) is 2.74. The first-order valence-corrected chi connectivity index (χ1v) is 7.05. The molecule has 0 amide bonds. The Balaban J connectivity index is 2.98. The molecule has 0 aliphatic carbocycles. The molecule has 0 aromatic heterocycles. The third kappa shape index (κ3) is 4.73. The molecule has 0 saturated carbocycles. The molecule has 1 unspecified atom stereocenters. The fourth-order valence-corrected chi connectivity index (χ4v) is 2.22. The number of hydrogen-bond donors (Lipinski definition) is 1. The van der Waals surface area contributed by atoms with Gasteiger partial charge in [-0.25, -0.2) is 0 Å². The van der Waals surface area contributed by atoms with Crippen LogP contribution in [0.5, 0.6) is 5.75 Å². The second-order valence-electron chi connectivity index (χ2n) is 4.78. The molecule has 0 heterocycles. The zero-order chi connectivity index (χ0) is 15.3. The number of aliphatic hydroxyl groups is 1. The van der Waals surface area contributed by atoms with Gasteiger partial charge >= 0.3 is 5.69 Å². The second kappa shape index (κ2) is 7.56. The fourth-order valence-electron chi connectivity index (χ4n) is 1.76. The van der Waals surface area contributed by atoms with Gasteiger partial charge in [-0.2, -0.15) is 0 Å². The molecule has 0 aliphatic heterocycles. The normalized spacial score (nSPS) is 12.5. The molecule has 0 spiro atoms. The summed E-state index contributed by atoms with van der Waals surface area (Å²) in [5.74, 6) is 0.145. The summed E-state index contributed by atoms with van der Waals surface area (Å²) in [7, 11) is 3.90. The third-order valence-corrected chi connectivity index (χ3v) is 3.16. The highest BCUT2D eigenvalue weighted by atomic mass is 79.9. The van der Waals surface area contributed by atoms with Gasteiger partial charge < -0.3 is 14.7 Å². The first kappa shape index (κ1) is 16.9. The van der Waals surface area contributed by atoms with Gasteiger partial charge in [0.05, 0.1) is 17.6 Å². The molecule has 1 rings (SSSR count). The molecule has 1 aromatic rings. The van der Waals surface area contributed by atoms with Crippen molar-refractivity contribution >= 4 is 21.6 Å². The van der Waals surface area contributed by atoms with Gasteiger partial charge in [-0.3, -0.25) is 10.1 Å². The minimum absolute atomic E-state index is 0.139. The van der Waals surface area contributed by atoms with Crippen molar-refractivity contribution in [3.63, 3.8) is 0 Å². The van der Waals surface area contributed by atoms with Crippen LogP contribution in [0.25, 0.3) is 0 Å². The highest BCUT2D eigenvalue weighted by molar-refractivity contribution is 9.10. The van der Waals surface area contributed by atoms with E-state index in [0.29, 0.717) is 16.6 Å². The Kier molecular flexibility index (Phi) is 6.38. The molecule has 6 nitrogen and oxygen atoms in total. The summed E-state index contributed by atoms with van der Waals surface area (Å²) in [6.07, 6.45) is -0.0884. The monoisotopic (exact) mass is 346 g/mol. The Morgan fingerprint density at radius 3 is 2.65 bits per heavy atom. The van der Waals surface area contributed by atoms with Crippen molar-refractivity contribution in [2.75, 3.05) is 27.2 Å². The summed E-state index contributed by atoms with van der Waals surface area (Å²) >= 11 is 3.21. The van der Waals surface area contributed by atoms with E-state index in [4.69, 9.17) is 4.74 Å². The number of ether oxygens (including phenoxy) is 1. The Hall–Kier alpha value is -1.18. The van der Waals surface area contributed by atoms with Gasteiger partial charge in [0.2, 0.25) is 5.75 Å². The molecule has 7 heteroatoms. The number of nitro benzene ring substituents is 1. The molecule has 0 aliphatic rings. The maximum atomic E-state index is 11.1. The lowest BCUT2D eigenvalue weighted by Gasteiger charge is -2.15. The summed E-state index contributed by atoms with van der Waals surface area (Å²) < 4.78 is 6.09. The number of hydrogen-bond acceptors (Lipinski definition) is 5. The molecular weight excluding hydrogens is 328 g/mol. The van der Waals surface area contributed by atoms with Crippen LogP contribution in [0.1, 0.15) is 25.0 Å². The lowest BCUT2D eigenvalue weighted by Crippen LogP contribution is -2.16. The van der Waals surface area contributed by atoms with Gasteiger partial charge in [-0.15, -0.1) is 0 Å². The molecule has 0 radical (unpaired) electrons. The van der Waals surface area contributed by atoms with E-state index in [2.05, 4.69) is 15.9 Å². The highest BCUT2D eigenvalue weighted by Gasteiger charge is 2.23. The standard InChI is InChI=1S/C13H19BrN2O4/c1-9(17)11-7-10(14)8-12(16(18)19)13(11)20-6-4-5-15(2)3/h7-9,17H,4-6H2,1-3H3. The van der Waals surface area contributed by atoms with Crippen molar-refractivity contribution in [2.45, 2.75) is 19.4 Å². The summed E-state index contributed by atoms with van der Waals surface area (Å²) in [5.41, 5.74) is 0.274. The van der Waals surface area contributed by atoms with Crippen LogP contribution in [0.4, 0.5) is 5.69 Å². The van der Waals surface area contributed by atoms with E-state index in [1.807, 2.05) is 19.0 Å². The van der Waals surface area contributed by atoms with Gasteiger partial charge in [0, 0.05) is 22.6 Å². The molecule has 0 fully saturated rings. The maximum absolute atomic E-state index is 11.1. The molecule has 0 bridgehead atoms. The number of nitrogens with zero attached hydrogens (tertiary/aromatic N) is 2. The van der Waals surface area contributed by atoms with Crippen LogP contribution < -0.4 is 4.74 Å². The van der Waals surface area contributed by atoms with Gasteiger partial charge in [0.15, 0.2) is 0 Å². The number of rotatable bonds is 7. The zero-order valence-corrected chi connectivity index (χ0v) is 13.4.